The van der Waals surface area contributed by atoms with Crippen LogP contribution in [0.5, 0.6) is 0 Å². The molecule has 0 aliphatic rings. The molecule has 0 aromatic carbocycles. The third kappa shape index (κ3) is 113. The van der Waals surface area contributed by atoms with Gasteiger partial charge in [0.15, 0.2) is 0 Å². The zero-order chi connectivity index (χ0) is 3.58. The molecule has 0 fully saturated rings. The summed E-state index contributed by atoms with van der Waals surface area (Å²) in [5.74, 6) is 0. The SMILES string of the molecule is O.O.O=[N+]([O-])O.[Be]. The topological polar surface area (TPSA) is 126 Å². The van der Waals surface area contributed by atoms with Crippen molar-refractivity contribution in [2.24, 2.45) is 0 Å². The van der Waals surface area contributed by atoms with Gasteiger partial charge >= 0.3 is 0 Å². The number of hydrogen-bond acceptors (Lipinski definition) is 2. The quantitative estimate of drug-likeness (QED) is 0.211. The Morgan fingerprint density at radius 2 is 1.43 bits per heavy atom. The Balaban J connectivity index is -0.0000000150. The molecule has 5 N–H and O–H groups in total. The van der Waals surface area contributed by atoms with Crippen molar-refractivity contribution in [3.8, 4) is 0 Å². The molecule has 0 rings (SSSR count). The summed E-state index contributed by atoms with van der Waals surface area (Å²) in [4.78, 5) is 8.36. The van der Waals surface area contributed by atoms with Crippen LogP contribution in [0, 0.1) is 10.1 Å². The van der Waals surface area contributed by atoms with Gasteiger partial charge in [-0.1, -0.05) is 0 Å². The number of rotatable bonds is 0. The minimum atomic E-state index is -1.50. The van der Waals surface area contributed by atoms with Gasteiger partial charge in [0.1, 0.15) is 0 Å². The summed E-state index contributed by atoms with van der Waals surface area (Å²) in [6.45, 7) is 0. The minimum Gasteiger partial charge on any atom is -0.412 e. The van der Waals surface area contributed by atoms with Gasteiger partial charge in [0.05, 0.1) is 0 Å². The molecule has 0 aromatic rings. The molecule has 0 bridgehead atoms. The predicted octanol–water partition coefficient (Wildman–Crippen LogP) is -2.38. The first-order chi connectivity index (χ1) is 1.73. The zero-order valence-corrected chi connectivity index (χ0v) is 3.42. The molecule has 0 heterocycles. The summed E-state index contributed by atoms with van der Waals surface area (Å²) in [5.41, 5.74) is 0. The van der Waals surface area contributed by atoms with E-state index in [9.17, 15) is 0 Å². The summed E-state index contributed by atoms with van der Waals surface area (Å²) in [5, 5.41) is 13.6. The third-order valence-corrected chi connectivity index (χ3v) is 0. The fraction of sp³-hybridized carbons (Fsp3) is 0. The third-order valence-electron chi connectivity index (χ3n) is 0. The Morgan fingerprint density at radius 3 is 1.43 bits per heavy atom. The van der Waals surface area contributed by atoms with E-state index in [2.05, 4.69) is 0 Å². The maximum absolute atomic E-state index is 8.36. The molecule has 0 saturated heterocycles. The normalized spacial score (nSPS) is 3.43. The van der Waals surface area contributed by atoms with E-state index in [0.717, 1.165) is 0 Å². The molecule has 7 heteroatoms. The number of nitrogens with zero attached hydrogens (tertiary/aromatic N) is 1. The first-order valence-corrected chi connectivity index (χ1v) is 0.565. The standard InChI is InChI=1S/Be.HNO3.2H2O/c;2-1(3)4;;/h;(H,2,3,4);2*1H2. The largest absolute Gasteiger partial charge is 0.412 e. The molecule has 0 unspecified atom stereocenters. The van der Waals surface area contributed by atoms with E-state index in [4.69, 9.17) is 15.3 Å². The maximum Gasteiger partial charge on any atom is 0.291 e. The molecule has 0 atom stereocenters. The van der Waals surface area contributed by atoms with E-state index in [1.165, 1.54) is 0 Å². The second-order valence-electron chi connectivity index (χ2n) is 0.238. The fourth-order valence-corrected chi connectivity index (χ4v) is 0. The summed E-state index contributed by atoms with van der Waals surface area (Å²) in [6, 6.07) is 0. The molecule has 0 amide bonds. The molecule has 6 nitrogen and oxygen atoms in total. The van der Waals surface area contributed by atoms with Crippen molar-refractivity contribution in [2.45, 2.75) is 0 Å². The second-order valence-corrected chi connectivity index (χ2v) is 0.238. The Morgan fingerprint density at radius 1 is 1.43 bits per heavy atom. The van der Waals surface area contributed by atoms with Crippen LogP contribution >= 0.6 is 0 Å². The molecule has 0 aromatic heterocycles. The van der Waals surface area contributed by atoms with Gasteiger partial charge in [0.25, 0.3) is 5.09 Å². The van der Waals surface area contributed by atoms with Gasteiger partial charge in [0, 0.05) is 10.1 Å². The Bertz CT molecular complexity index is 31.1. The van der Waals surface area contributed by atoms with Crippen LogP contribution in [0.2, 0.25) is 0 Å². The summed E-state index contributed by atoms with van der Waals surface area (Å²) in [6.07, 6.45) is 0. The van der Waals surface area contributed by atoms with Crippen LogP contribution in [0.15, 0.2) is 0 Å². The molecule has 0 saturated carbocycles. The van der Waals surface area contributed by atoms with Crippen LogP contribution in [0.3, 0.4) is 0 Å². The van der Waals surface area contributed by atoms with E-state index in [-0.39, 0.29) is 21.1 Å². The molecular formula is H5BeNO5. The number of hydrogen-bond donors (Lipinski definition) is 1. The molecule has 2 radical (unpaired) electrons. The Kier molecular flexibility index (Phi) is 89.1. The minimum absolute atomic E-state index is 0. The van der Waals surface area contributed by atoms with Gasteiger partial charge in [-0.3, -0.25) is 0 Å². The molecule has 7 heavy (non-hydrogen) atoms. The first kappa shape index (κ1) is 33.6. The maximum atomic E-state index is 8.36. The van der Waals surface area contributed by atoms with Crippen LogP contribution in [-0.2, 0) is 0 Å². The van der Waals surface area contributed by atoms with Gasteiger partial charge in [-0.05, 0) is 0 Å². The Hall–Kier alpha value is -0.711. The van der Waals surface area contributed by atoms with Crippen molar-refractivity contribution in [1.82, 2.24) is 0 Å². The van der Waals surface area contributed by atoms with Crippen molar-refractivity contribution < 1.29 is 21.2 Å². The van der Waals surface area contributed by atoms with E-state index in [1.54, 1.807) is 0 Å². The van der Waals surface area contributed by atoms with Crippen molar-refractivity contribution >= 4 is 10.1 Å². The summed E-state index contributed by atoms with van der Waals surface area (Å²) < 4.78 is 0. The van der Waals surface area contributed by atoms with Crippen molar-refractivity contribution in [3.63, 3.8) is 0 Å². The monoisotopic (exact) mass is 108 g/mol. The predicted molar refractivity (Wildman–Crippen MR) is 21.8 cm³/mol. The van der Waals surface area contributed by atoms with Crippen LogP contribution in [-0.4, -0.2) is 31.4 Å². The van der Waals surface area contributed by atoms with Crippen molar-refractivity contribution in [3.05, 3.63) is 10.1 Å². The van der Waals surface area contributed by atoms with Gasteiger partial charge < -0.3 is 16.2 Å². The van der Waals surface area contributed by atoms with Crippen LogP contribution in [0.1, 0.15) is 0 Å². The van der Waals surface area contributed by atoms with Gasteiger partial charge in [0.2, 0.25) is 0 Å². The average Bonchev–Trinajstić information content (AvgIpc) is 0.811. The molecule has 42 valence electrons. The smallest absolute Gasteiger partial charge is 0.291 e. The van der Waals surface area contributed by atoms with Gasteiger partial charge in [-0.2, -0.15) is 0 Å². The zero-order valence-electron chi connectivity index (χ0n) is 3.42. The first-order valence-electron chi connectivity index (χ1n) is 0.565. The molecular weight excluding hydrogens is 103 g/mol. The summed E-state index contributed by atoms with van der Waals surface area (Å²) in [7, 11) is 0. The second kappa shape index (κ2) is 18.6. The van der Waals surface area contributed by atoms with E-state index in [0.29, 0.717) is 0 Å². The van der Waals surface area contributed by atoms with Crippen LogP contribution in [0.25, 0.3) is 0 Å². The van der Waals surface area contributed by atoms with Crippen LogP contribution < -0.4 is 0 Å². The average molecular weight is 108 g/mol. The van der Waals surface area contributed by atoms with Crippen molar-refractivity contribution in [2.75, 3.05) is 0 Å². The van der Waals surface area contributed by atoms with Crippen molar-refractivity contribution in [1.29, 1.82) is 0 Å². The van der Waals surface area contributed by atoms with E-state index < -0.39 is 5.09 Å². The molecule has 0 spiro atoms. The molecule has 0 aliphatic heterocycles. The van der Waals surface area contributed by atoms with Gasteiger partial charge in [-0.25, -0.2) is 0 Å². The van der Waals surface area contributed by atoms with Gasteiger partial charge in [-0.15, -0.1) is 10.1 Å². The molecule has 0 aliphatic carbocycles. The Labute approximate surface area is 42.7 Å². The fourth-order valence-electron chi connectivity index (χ4n) is 0. The summed E-state index contributed by atoms with van der Waals surface area (Å²) >= 11 is 0. The van der Waals surface area contributed by atoms with Crippen LogP contribution in [0.4, 0.5) is 0 Å². The van der Waals surface area contributed by atoms with E-state index in [1.807, 2.05) is 0 Å². The van der Waals surface area contributed by atoms with E-state index >= 15 is 0 Å².